The first-order valence-corrected chi connectivity index (χ1v) is 6.74. The number of hydrogen-bond acceptors (Lipinski definition) is 4. The molecule has 18 heavy (non-hydrogen) atoms. The number of rotatable bonds is 3. The van der Waals surface area contributed by atoms with Crippen LogP contribution in [0.25, 0.3) is 10.2 Å². The first-order valence-electron chi connectivity index (χ1n) is 5.86. The van der Waals surface area contributed by atoms with Gasteiger partial charge in [-0.15, -0.1) is 11.3 Å². The van der Waals surface area contributed by atoms with Gasteiger partial charge in [-0.25, -0.2) is 4.98 Å². The summed E-state index contributed by atoms with van der Waals surface area (Å²) in [5.41, 5.74) is 0.572. The molecule has 2 aromatic heterocycles. The van der Waals surface area contributed by atoms with Crippen LogP contribution in [0.4, 0.5) is 0 Å². The number of carbonyl (C=O) groups excluding carboxylic acids is 1. The fourth-order valence-corrected chi connectivity index (χ4v) is 2.67. The molecule has 1 amide bonds. The lowest BCUT2D eigenvalue weighted by molar-refractivity contribution is -0.131. The highest BCUT2D eigenvalue weighted by atomic mass is 32.1. The highest BCUT2D eigenvalue weighted by molar-refractivity contribution is 7.17. The molecule has 5 nitrogen and oxygen atoms in total. The molecule has 2 heterocycles. The van der Waals surface area contributed by atoms with Gasteiger partial charge in [0.05, 0.1) is 12.1 Å². The van der Waals surface area contributed by atoms with Gasteiger partial charge in [-0.3, -0.25) is 9.59 Å². The number of nitrogens with zero attached hydrogens (tertiary/aromatic N) is 2. The zero-order chi connectivity index (χ0) is 12.7. The average molecular weight is 263 g/mol. The highest BCUT2D eigenvalue weighted by Crippen LogP contribution is 2.30. The second kappa shape index (κ2) is 4.20. The van der Waals surface area contributed by atoms with Crippen molar-refractivity contribution in [2.24, 2.45) is 5.92 Å². The van der Waals surface area contributed by atoms with Crippen molar-refractivity contribution in [3.8, 4) is 0 Å². The van der Waals surface area contributed by atoms with E-state index in [0.717, 1.165) is 12.8 Å². The molecule has 0 saturated heterocycles. The monoisotopic (exact) mass is 263 g/mol. The Labute approximate surface area is 107 Å². The van der Waals surface area contributed by atoms with E-state index in [1.54, 1.807) is 11.9 Å². The molecule has 2 aromatic rings. The number of hydrogen-bond donors (Lipinski definition) is 1. The van der Waals surface area contributed by atoms with Crippen LogP contribution < -0.4 is 5.56 Å². The number of carbonyl (C=O) groups is 1. The predicted octanol–water partition coefficient (Wildman–Crippen LogP) is 1.35. The zero-order valence-electron chi connectivity index (χ0n) is 9.97. The van der Waals surface area contributed by atoms with E-state index in [4.69, 9.17) is 0 Å². The van der Waals surface area contributed by atoms with E-state index in [-0.39, 0.29) is 17.4 Å². The van der Waals surface area contributed by atoms with Gasteiger partial charge >= 0.3 is 0 Å². The molecule has 0 spiro atoms. The van der Waals surface area contributed by atoms with Crippen molar-refractivity contribution in [2.45, 2.75) is 19.4 Å². The van der Waals surface area contributed by atoms with Crippen LogP contribution in [0.1, 0.15) is 18.7 Å². The summed E-state index contributed by atoms with van der Waals surface area (Å²) in [4.78, 5) is 32.3. The number of nitrogens with one attached hydrogen (secondary N) is 1. The van der Waals surface area contributed by atoms with Crippen molar-refractivity contribution in [1.29, 1.82) is 0 Å². The average Bonchev–Trinajstić information content (AvgIpc) is 3.07. The van der Waals surface area contributed by atoms with E-state index in [0.29, 0.717) is 22.6 Å². The summed E-state index contributed by atoms with van der Waals surface area (Å²) in [5, 5.41) is 1.84. The van der Waals surface area contributed by atoms with Crippen LogP contribution in [0, 0.1) is 5.92 Å². The predicted molar refractivity (Wildman–Crippen MR) is 69.4 cm³/mol. The Morgan fingerprint density at radius 3 is 3.11 bits per heavy atom. The molecule has 6 heteroatoms. The normalized spacial score (nSPS) is 14.9. The topological polar surface area (TPSA) is 66.1 Å². The van der Waals surface area contributed by atoms with Crippen LogP contribution in [0.3, 0.4) is 0 Å². The van der Waals surface area contributed by atoms with Crippen LogP contribution >= 0.6 is 11.3 Å². The van der Waals surface area contributed by atoms with Crippen LogP contribution in [0.5, 0.6) is 0 Å². The summed E-state index contributed by atoms with van der Waals surface area (Å²) in [5.74, 6) is 0.872. The van der Waals surface area contributed by atoms with Crippen molar-refractivity contribution in [3.63, 3.8) is 0 Å². The van der Waals surface area contributed by atoms with Gasteiger partial charge in [0.2, 0.25) is 5.91 Å². The van der Waals surface area contributed by atoms with Gasteiger partial charge in [-0.05, 0) is 24.3 Å². The largest absolute Gasteiger partial charge is 0.338 e. The molecule has 1 fully saturated rings. The third kappa shape index (κ3) is 2.03. The maximum absolute atomic E-state index is 11.8. The van der Waals surface area contributed by atoms with Gasteiger partial charge in [-0.1, -0.05) is 0 Å². The Morgan fingerprint density at radius 2 is 2.39 bits per heavy atom. The van der Waals surface area contributed by atoms with Crippen LogP contribution in [0.15, 0.2) is 16.2 Å². The first kappa shape index (κ1) is 11.4. The standard InChI is InChI=1S/C12H13N3O2S/c1-15(12(17)7-2-3-7)6-9-13-8-4-5-18-10(8)11(16)14-9/h4-5,7H,2-3,6H2,1H3,(H,13,14,16). The molecule has 0 aliphatic heterocycles. The van der Waals surface area contributed by atoms with E-state index >= 15 is 0 Å². The second-order valence-corrected chi connectivity index (χ2v) is 5.53. The summed E-state index contributed by atoms with van der Waals surface area (Å²) >= 11 is 1.38. The van der Waals surface area contributed by atoms with Crippen molar-refractivity contribution >= 4 is 27.5 Å². The minimum atomic E-state index is -0.128. The van der Waals surface area contributed by atoms with Crippen molar-refractivity contribution in [3.05, 3.63) is 27.6 Å². The van der Waals surface area contributed by atoms with Gasteiger partial charge in [0, 0.05) is 13.0 Å². The molecule has 0 bridgehead atoms. The number of aromatic nitrogens is 2. The molecule has 1 N–H and O–H groups in total. The Balaban J connectivity index is 1.85. The molecule has 1 aliphatic rings. The van der Waals surface area contributed by atoms with Gasteiger partial charge in [0.1, 0.15) is 10.5 Å². The molecule has 94 valence electrons. The highest BCUT2D eigenvalue weighted by Gasteiger charge is 2.32. The Hall–Kier alpha value is -1.69. The van der Waals surface area contributed by atoms with Gasteiger partial charge in [-0.2, -0.15) is 0 Å². The quantitative estimate of drug-likeness (QED) is 0.909. The molecular formula is C12H13N3O2S. The van der Waals surface area contributed by atoms with Crippen LogP contribution in [-0.2, 0) is 11.3 Å². The molecule has 1 saturated carbocycles. The molecule has 0 unspecified atom stereocenters. The van der Waals surface area contributed by atoms with Crippen LogP contribution in [0.2, 0.25) is 0 Å². The molecule has 1 aliphatic carbocycles. The van der Waals surface area contributed by atoms with E-state index in [2.05, 4.69) is 9.97 Å². The number of amides is 1. The van der Waals surface area contributed by atoms with Crippen molar-refractivity contribution < 1.29 is 4.79 Å². The second-order valence-electron chi connectivity index (χ2n) is 4.62. The first-order chi connectivity index (χ1) is 8.65. The SMILES string of the molecule is CN(Cc1nc2ccsc2c(=O)[nH]1)C(=O)C1CC1. The summed E-state index contributed by atoms with van der Waals surface area (Å²) in [7, 11) is 1.75. The van der Waals surface area contributed by atoms with E-state index in [9.17, 15) is 9.59 Å². The Bertz CT molecular complexity index is 657. The van der Waals surface area contributed by atoms with Crippen molar-refractivity contribution in [2.75, 3.05) is 7.05 Å². The number of H-pyrrole nitrogens is 1. The minimum Gasteiger partial charge on any atom is -0.338 e. The van der Waals surface area contributed by atoms with Gasteiger partial charge < -0.3 is 9.88 Å². The van der Waals surface area contributed by atoms with Gasteiger partial charge in [0.25, 0.3) is 5.56 Å². The van der Waals surface area contributed by atoms with Gasteiger partial charge in [0.15, 0.2) is 0 Å². The number of aromatic amines is 1. The summed E-state index contributed by atoms with van der Waals surface area (Å²) < 4.78 is 0.634. The maximum atomic E-state index is 11.8. The van der Waals surface area contributed by atoms with Crippen molar-refractivity contribution in [1.82, 2.24) is 14.9 Å². The lowest BCUT2D eigenvalue weighted by atomic mass is 10.3. The molecular weight excluding hydrogens is 250 g/mol. The summed E-state index contributed by atoms with van der Waals surface area (Å²) in [6.45, 7) is 0.358. The zero-order valence-corrected chi connectivity index (χ0v) is 10.8. The lowest BCUT2D eigenvalue weighted by Gasteiger charge is -2.15. The smallest absolute Gasteiger partial charge is 0.268 e. The number of thiophene rings is 1. The van der Waals surface area contributed by atoms with E-state index in [1.807, 2.05) is 11.4 Å². The minimum absolute atomic E-state index is 0.128. The van der Waals surface area contributed by atoms with E-state index < -0.39 is 0 Å². The third-order valence-corrected chi connectivity index (χ3v) is 3.96. The number of fused-ring (bicyclic) bond motifs is 1. The fraction of sp³-hybridized carbons (Fsp3) is 0.417. The Kier molecular flexibility index (Phi) is 2.66. The molecule has 0 atom stereocenters. The van der Waals surface area contributed by atoms with Crippen LogP contribution in [-0.4, -0.2) is 27.8 Å². The summed E-state index contributed by atoms with van der Waals surface area (Å²) in [6, 6.07) is 1.82. The Morgan fingerprint density at radius 1 is 1.61 bits per heavy atom. The molecule has 0 radical (unpaired) electrons. The molecule has 3 rings (SSSR count). The fourth-order valence-electron chi connectivity index (χ4n) is 1.94. The maximum Gasteiger partial charge on any atom is 0.268 e. The third-order valence-electron chi connectivity index (χ3n) is 3.05. The lowest BCUT2D eigenvalue weighted by Crippen LogP contribution is -2.29. The molecule has 0 aromatic carbocycles. The summed E-state index contributed by atoms with van der Waals surface area (Å²) in [6.07, 6.45) is 1.97. The van der Waals surface area contributed by atoms with E-state index in [1.165, 1.54) is 11.3 Å².